The number of nitriles is 1. The summed E-state index contributed by atoms with van der Waals surface area (Å²) in [5.74, 6) is -0.836. The molecule has 0 saturated heterocycles. The largest absolute Gasteiger partial charge is 0.478 e. The molecule has 5 nitrogen and oxygen atoms in total. The van der Waals surface area contributed by atoms with Gasteiger partial charge in [-0.05, 0) is 24.8 Å². The Morgan fingerprint density at radius 2 is 2.26 bits per heavy atom. The third-order valence-electron chi connectivity index (χ3n) is 2.79. The second-order valence-corrected chi connectivity index (χ2v) is 6.16. The van der Waals surface area contributed by atoms with Gasteiger partial charge in [-0.15, -0.1) is 23.1 Å². The highest BCUT2D eigenvalue weighted by molar-refractivity contribution is 8.00. The molecule has 2 rings (SSSR count). The number of nitrogens with one attached hydrogen (secondary N) is 1. The minimum absolute atomic E-state index is 0.162. The maximum Gasteiger partial charge on any atom is 0.339 e. The summed E-state index contributed by atoms with van der Waals surface area (Å²) in [7, 11) is 0. The zero-order chi connectivity index (χ0) is 13.8. The first-order chi connectivity index (χ1) is 9.13. The molecule has 1 amide bonds. The Hall–Kier alpha value is -1.52. The van der Waals surface area contributed by atoms with Crippen molar-refractivity contribution in [1.82, 2.24) is 0 Å². The number of carboxylic acids is 1. The quantitative estimate of drug-likeness (QED) is 0.812. The van der Waals surface area contributed by atoms with Crippen molar-refractivity contribution in [1.29, 1.82) is 5.26 Å². The number of amides is 1. The number of carboxylic acid groups (broad SMARTS) is 1. The number of aromatic carboxylic acids is 1. The van der Waals surface area contributed by atoms with Gasteiger partial charge in [0.25, 0.3) is 0 Å². The van der Waals surface area contributed by atoms with Crippen molar-refractivity contribution < 1.29 is 14.7 Å². The number of carbonyl (C=O) groups is 2. The molecule has 1 heterocycles. The van der Waals surface area contributed by atoms with Gasteiger partial charge in [-0.25, -0.2) is 4.79 Å². The number of fused-ring (bicyclic) bond motifs is 1. The van der Waals surface area contributed by atoms with Crippen LogP contribution >= 0.6 is 23.1 Å². The average Bonchev–Trinajstić information content (AvgIpc) is 2.88. The lowest BCUT2D eigenvalue weighted by Gasteiger charge is -2.04. The molecule has 19 heavy (non-hydrogen) atoms. The predicted molar refractivity (Wildman–Crippen MR) is 74.9 cm³/mol. The number of rotatable bonds is 5. The zero-order valence-electron chi connectivity index (χ0n) is 10.1. The lowest BCUT2D eigenvalue weighted by atomic mass is 10.1. The molecular weight excluding hydrogens is 284 g/mol. The van der Waals surface area contributed by atoms with Gasteiger partial charge in [0.1, 0.15) is 5.00 Å². The fourth-order valence-electron chi connectivity index (χ4n) is 2.07. The number of carbonyl (C=O) groups excluding carboxylic acids is 1. The predicted octanol–water partition coefficient (Wildman–Crippen LogP) is 2.13. The van der Waals surface area contributed by atoms with Gasteiger partial charge in [0.15, 0.2) is 0 Å². The van der Waals surface area contributed by atoms with Crippen molar-refractivity contribution in [3.05, 3.63) is 16.0 Å². The summed E-state index contributed by atoms with van der Waals surface area (Å²) >= 11 is 2.57. The van der Waals surface area contributed by atoms with E-state index in [4.69, 9.17) is 5.26 Å². The lowest BCUT2D eigenvalue weighted by molar-refractivity contribution is -0.113. The van der Waals surface area contributed by atoms with E-state index in [9.17, 15) is 14.7 Å². The highest BCUT2D eigenvalue weighted by Crippen LogP contribution is 2.39. The van der Waals surface area contributed by atoms with Crippen LogP contribution in [0.5, 0.6) is 0 Å². The SMILES string of the molecule is N#CCSCC(=O)Nc1sc2c(c1C(=O)O)CCC2. The van der Waals surface area contributed by atoms with Crippen molar-refractivity contribution in [2.24, 2.45) is 0 Å². The number of thiophene rings is 1. The molecule has 0 fully saturated rings. The number of hydrogen-bond donors (Lipinski definition) is 2. The third-order valence-corrected chi connectivity index (χ3v) is 4.79. The van der Waals surface area contributed by atoms with Crippen LogP contribution < -0.4 is 5.32 Å². The number of aryl methyl sites for hydroxylation is 1. The summed E-state index contributed by atoms with van der Waals surface area (Å²) in [4.78, 5) is 24.0. The molecule has 0 atom stereocenters. The number of hydrogen-bond acceptors (Lipinski definition) is 5. The molecule has 100 valence electrons. The van der Waals surface area contributed by atoms with Gasteiger partial charge in [0.05, 0.1) is 23.1 Å². The average molecular weight is 296 g/mol. The standard InChI is InChI=1S/C12H12N2O3S2/c13-4-5-18-6-9(15)14-11-10(12(16)17)7-2-1-3-8(7)19-11/h1-3,5-6H2,(H,14,15)(H,16,17). The molecular formula is C12H12N2O3S2. The van der Waals surface area contributed by atoms with E-state index in [-0.39, 0.29) is 23.0 Å². The smallest absolute Gasteiger partial charge is 0.339 e. The van der Waals surface area contributed by atoms with Crippen LogP contribution in [0, 0.1) is 11.3 Å². The van der Waals surface area contributed by atoms with Crippen molar-refractivity contribution >= 4 is 40.0 Å². The monoisotopic (exact) mass is 296 g/mol. The van der Waals surface area contributed by atoms with E-state index in [1.807, 2.05) is 6.07 Å². The summed E-state index contributed by atoms with van der Waals surface area (Å²) < 4.78 is 0. The van der Waals surface area contributed by atoms with Crippen molar-refractivity contribution in [2.45, 2.75) is 19.3 Å². The van der Waals surface area contributed by atoms with E-state index < -0.39 is 5.97 Å². The van der Waals surface area contributed by atoms with Gasteiger partial charge in [-0.3, -0.25) is 4.79 Å². The summed E-state index contributed by atoms with van der Waals surface area (Å²) in [5, 5.41) is 20.7. The summed E-state index contributed by atoms with van der Waals surface area (Å²) in [6.45, 7) is 0. The topological polar surface area (TPSA) is 90.2 Å². The first-order valence-corrected chi connectivity index (χ1v) is 7.73. The Kier molecular flexibility index (Phi) is 4.45. The van der Waals surface area contributed by atoms with Crippen molar-refractivity contribution in [3.8, 4) is 6.07 Å². The molecule has 0 unspecified atom stereocenters. The maximum atomic E-state index is 11.7. The van der Waals surface area contributed by atoms with Gasteiger partial charge in [-0.2, -0.15) is 5.26 Å². The third kappa shape index (κ3) is 3.08. The van der Waals surface area contributed by atoms with Crippen LogP contribution in [0.4, 0.5) is 5.00 Å². The Morgan fingerprint density at radius 1 is 1.47 bits per heavy atom. The Balaban J connectivity index is 2.11. The van der Waals surface area contributed by atoms with Gasteiger partial charge in [0, 0.05) is 4.88 Å². The van der Waals surface area contributed by atoms with Crippen molar-refractivity contribution in [2.75, 3.05) is 16.8 Å². The molecule has 0 radical (unpaired) electrons. The zero-order valence-corrected chi connectivity index (χ0v) is 11.7. The summed E-state index contributed by atoms with van der Waals surface area (Å²) in [6, 6.07) is 1.94. The second kappa shape index (κ2) is 6.08. The number of thioether (sulfide) groups is 1. The molecule has 0 saturated carbocycles. The minimum atomic E-state index is -0.987. The lowest BCUT2D eigenvalue weighted by Crippen LogP contribution is -2.15. The van der Waals surface area contributed by atoms with Crippen LogP contribution in [-0.4, -0.2) is 28.5 Å². The van der Waals surface area contributed by atoms with E-state index in [2.05, 4.69) is 5.32 Å². The minimum Gasteiger partial charge on any atom is -0.478 e. The number of anilines is 1. The molecule has 0 spiro atoms. The van der Waals surface area contributed by atoms with Crippen molar-refractivity contribution in [3.63, 3.8) is 0 Å². The van der Waals surface area contributed by atoms with Gasteiger partial charge < -0.3 is 10.4 Å². The Morgan fingerprint density at radius 3 is 2.95 bits per heavy atom. The molecule has 0 aliphatic heterocycles. The van der Waals surface area contributed by atoms with Crippen LogP contribution in [0.25, 0.3) is 0 Å². The highest BCUT2D eigenvalue weighted by atomic mass is 32.2. The summed E-state index contributed by atoms with van der Waals surface area (Å²) in [6.07, 6.45) is 2.64. The molecule has 7 heteroatoms. The van der Waals surface area contributed by atoms with E-state index in [1.165, 1.54) is 23.1 Å². The fraction of sp³-hybridized carbons (Fsp3) is 0.417. The highest BCUT2D eigenvalue weighted by Gasteiger charge is 2.26. The molecule has 2 N–H and O–H groups in total. The van der Waals surface area contributed by atoms with Crippen LogP contribution in [0.3, 0.4) is 0 Å². The molecule has 0 bridgehead atoms. The van der Waals surface area contributed by atoms with Gasteiger partial charge >= 0.3 is 5.97 Å². The first-order valence-electron chi connectivity index (χ1n) is 5.76. The van der Waals surface area contributed by atoms with Crippen LogP contribution in [0.1, 0.15) is 27.2 Å². The molecule has 0 aromatic carbocycles. The van der Waals surface area contributed by atoms with Crippen LogP contribution in [-0.2, 0) is 17.6 Å². The fourth-order valence-corrected chi connectivity index (χ4v) is 3.82. The summed E-state index contributed by atoms with van der Waals surface area (Å²) in [5.41, 5.74) is 1.12. The molecule has 1 aromatic rings. The van der Waals surface area contributed by atoms with Crippen LogP contribution in [0.2, 0.25) is 0 Å². The van der Waals surface area contributed by atoms with Gasteiger partial charge in [-0.1, -0.05) is 0 Å². The Labute approximate surface area is 118 Å². The maximum absolute atomic E-state index is 11.7. The molecule has 1 aliphatic carbocycles. The Bertz CT molecular complexity index is 560. The van der Waals surface area contributed by atoms with E-state index in [1.54, 1.807) is 0 Å². The van der Waals surface area contributed by atoms with E-state index in [0.29, 0.717) is 5.00 Å². The second-order valence-electron chi connectivity index (χ2n) is 4.07. The normalized spacial score (nSPS) is 12.8. The molecule has 1 aliphatic rings. The van der Waals surface area contributed by atoms with Gasteiger partial charge in [0.2, 0.25) is 5.91 Å². The van der Waals surface area contributed by atoms with E-state index in [0.717, 1.165) is 29.7 Å². The van der Waals surface area contributed by atoms with E-state index >= 15 is 0 Å². The number of nitrogens with zero attached hydrogens (tertiary/aromatic N) is 1. The molecule has 1 aromatic heterocycles. The first kappa shape index (κ1) is 13.9. The van der Waals surface area contributed by atoms with Crippen LogP contribution in [0.15, 0.2) is 0 Å².